The molecule has 25 heavy (non-hydrogen) atoms. The Labute approximate surface area is 147 Å². The topological polar surface area (TPSA) is 84.1 Å². The molecule has 0 saturated carbocycles. The van der Waals surface area contributed by atoms with Crippen LogP contribution in [0.2, 0.25) is 0 Å². The molecule has 1 N–H and O–H groups in total. The van der Waals surface area contributed by atoms with Gasteiger partial charge < -0.3 is 5.11 Å². The van der Waals surface area contributed by atoms with Crippen molar-refractivity contribution in [1.82, 2.24) is 24.6 Å². The van der Waals surface area contributed by atoms with Gasteiger partial charge in [0, 0.05) is 37.0 Å². The molecule has 2 aromatic heterocycles. The van der Waals surface area contributed by atoms with E-state index in [-0.39, 0.29) is 12.5 Å². The molecule has 1 unspecified atom stereocenters. The maximum atomic E-state index is 10.8. The molecule has 0 aliphatic carbocycles. The van der Waals surface area contributed by atoms with Crippen LogP contribution in [0.1, 0.15) is 53.8 Å². The largest absolute Gasteiger partial charge is 0.481 e. The maximum absolute atomic E-state index is 10.8. The average Bonchev–Trinajstić information content (AvgIpc) is 3.15. The Kier molecular flexibility index (Phi) is 5.13. The number of nitrogens with zero attached hydrogens (tertiary/aromatic N) is 5. The van der Waals surface area contributed by atoms with Crippen LogP contribution in [0.5, 0.6) is 0 Å². The molecule has 7 nitrogen and oxygen atoms in total. The molecule has 2 aromatic rings. The van der Waals surface area contributed by atoms with Crippen molar-refractivity contribution in [2.75, 3.05) is 6.54 Å². The van der Waals surface area contributed by atoms with Crippen LogP contribution in [0.15, 0.2) is 12.3 Å². The zero-order chi connectivity index (χ0) is 18.0. The van der Waals surface area contributed by atoms with Crippen LogP contribution >= 0.6 is 0 Å². The van der Waals surface area contributed by atoms with Gasteiger partial charge in [-0.25, -0.2) is 9.97 Å². The van der Waals surface area contributed by atoms with E-state index >= 15 is 0 Å². The molecule has 3 heterocycles. The highest BCUT2D eigenvalue weighted by Gasteiger charge is 2.28. The number of aryl methyl sites for hydroxylation is 3. The molecule has 134 valence electrons. The number of carboxylic acids is 1. The van der Waals surface area contributed by atoms with Crippen molar-refractivity contribution in [1.29, 1.82) is 0 Å². The number of hydrogen-bond acceptors (Lipinski definition) is 5. The number of carboxylic acid groups (broad SMARTS) is 1. The monoisotopic (exact) mass is 343 g/mol. The van der Waals surface area contributed by atoms with Gasteiger partial charge in [0.2, 0.25) is 0 Å². The Bertz CT molecular complexity index is 771. The molecule has 0 spiro atoms. The van der Waals surface area contributed by atoms with Gasteiger partial charge >= 0.3 is 5.97 Å². The summed E-state index contributed by atoms with van der Waals surface area (Å²) < 4.78 is 1.90. The number of hydrogen-bond donors (Lipinski definition) is 1. The quantitative estimate of drug-likeness (QED) is 0.865. The van der Waals surface area contributed by atoms with Crippen LogP contribution in [0.3, 0.4) is 0 Å². The third kappa shape index (κ3) is 4.04. The van der Waals surface area contributed by atoms with Crippen LogP contribution in [0.4, 0.5) is 0 Å². The third-order valence-corrected chi connectivity index (χ3v) is 4.92. The van der Waals surface area contributed by atoms with Crippen LogP contribution in [0, 0.1) is 13.8 Å². The van der Waals surface area contributed by atoms with E-state index in [1.807, 2.05) is 30.9 Å². The fraction of sp³-hybridized carbons (Fsp3) is 0.556. The minimum absolute atomic E-state index is 0.0964. The summed E-state index contributed by atoms with van der Waals surface area (Å²) in [5.74, 6) is -0.0883. The number of aromatic nitrogens is 4. The first kappa shape index (κ1) is 17.5. The van der Waals surface area contributed by atoms with E-state index in [1.165, 1.54) is 11.3 Å². The van der Waals surface area contributed by atoms with Crippen LogP contribution in [0.25, 0.3) is 0 Å². The Balaban J connectivity index is 1.79. The molecule has 7 heteroatoms. The molecule has 1 aliphatic heterocycles. The average molecular weight is 343 g/mol. The van der Waals surface area contributed by atoms with E-state index in [0.29, 0.717) is 12.2 Å². The summed E-state index contributed by atoms with van der Waals surface area (Å²) in [7, 11) is 1.96. The van der Waals surface area contributed by atoms with Crippen molar-refractivity contribution in [3.63, 3.8) is 0 Å². The molecule has 1 fully saturated rings. The lowest BCUT2D eigenvalue weighted by molar-refractivity contribution is -0.136. The van der Waals surface area contributed by atoms with Crippen LogP contribution < -0.4 is 0 Å². The smallest absolute Gasteiger partial charge is 0.303 e. The highest BCUT2D eigenvalue weighted by Crippen LogP contribution is 2.32. The summed E-state index contributed by atoms with van der Waals surface area (Å²) in [6, 6.07) is 2.24. The summed E-state index contributed by atoms with van der Waals surface area (Å²) in [5.41, 5.74) is 4.25. The first-order valence-electron chi connectivity index (χ1n) is 8.72. The molecule has 0 bridgehead atoms. The van der Waals surface area contributed by atoms with Crippen molar-refractivity contribution in [3.8, 4) is 0 Å². The second-order valence-electron chi connectivity index (χ2n) is 6.73. The number of likely N-dealkylation sites (tertiary alicyclic amines) is 1. The van der Waals surface area contributed by atoms with E-state index < -0.39 is 5.97 Å². The number of carbonyl (C=O) groups is 1. The van der Waals surface area contributed by atoms with Gasteiger partial charge in [-0.2, -0.15) is 5.10 Å². The fourth-order valence-corrected chi connectivity index (χ4v) is 3.46. The molecule has 3 rings (SSSR count). The lowest BCUT2D eigenvalue weighted by Gasteiger charge is -2.24. The van der Waals surface area contributed by atoms with E-state index in [2.05, 4.69) is 26.9 Å². The molecule has 0 radical (unpaired) electrons. The van der Waals surface area contributed by atoms with Gasteiger partial charge in [-0.05, 0) is 39.3 Å². The first-order chi connectivity index (χ1) is 11.9. The van der Waals surface area contributed by atoms with E-state index in [4.69, 9.17) is 5.11 Å². The van der Waals surface area contributed by atoms with Gasteiger partial charge in [-0.3, -0.25) is 14.4 Å². The van der Waals surface area contributed by atoms with Gasteiger partial charge in [0.05, 0.1) is 24.4 Å². The first-order valence-corrected chi connectivity index (χ1v) is 8.72. The summed E-state index contributed by atoms with van der Waals surface area (Å²) in [5, 5.41) is 13.2. The van der Waals surface area contributed by atoms with E-state index in [1.54, 1.807) is 0 Å². The molecule has 1 aliphatic rings. The minimum atomic E-state index is -0.799. The van der Waals surface area contributed by atoms with Crippen molar-refractivity contribution in [3.05, 3.63) is 40.7 Å². The molecular weight excluding hydrogens is 318 g/mol. The van der Waals surface area contributed by atoms with Gasteiger partial charge in [0.25, 0.3) is 0 Å². The summed E-state index contributed by atoms with van der Waals surface area (Å²) in [6.45, 7) is 5.86. The SMILES string of the molecule is Cc1nc(CCC(=O)O)cc(C2CCCN2Cc2cnn(C)c2C)n1. The summed E-state index contributed by atoms with van der Waals surface area (Å²) >= 11 is 0. The summed E-state index contributed by atoms with van der Waals surface area (Å²) in [4.78, 5) is 22.3. The zero-order valence-corrected chi connectivity index (χ0v) is 15.1. The Morgan fingerprint density at radius 2 is 2.16 bits per heavy atom. The van der Waals surface area contributed by atoms with Crippen molar-refractivity contribution >= 4 is 5.97 Å². The predicted octanol–water partition coefficient (Wildman–Crippen LogP) is 2.18. The Morgan fingerprint density at radius 1 is 1.36 bits per heavy atom. The minimum Gasteiger partial charge on any atom is -0.481 e. The number of aliphatic carboxylic acids is 1. The molecule has 0 aromatic carbocycles. The van der Waals surface area contributed by atoms with E-state index in [0.717, 1.165) is 37.3 Å². The molecule has 1 atom stereocenters. The lowest BCUT2D eigenvalue weighted by Crippen LogP contribution is -2.24. The Morgan fingerprint density at radius 3 is 2.84 bits per heavy atom. The zero-order valence-electron chi connectivity index (χ0n) is 15.1. The van der Waals surface area contributed by atoms with Gasteiger partial charge in [-0.1, -0.05) is 0 Å². The predicted molar refractivity (Wildman–Crippen MR) is 93.1 cm³/mol. The van der Waals surface area contributed by atoms with Gasteiger partial charge in [0.15, 0.2) is 0 Å². The van der Waals surface area contributed by atoms with Gasteiger partial charge in [-0.15, -0.1) is 0 Å². The van der Waals surface area contributed by atoms with Gasteiger partial charge in [0.1, 0.15) is 5.82 Å². The normalized spacial score (nSPS) is 18.0. The standard InChI is InChI=1S/C18H25N5O2/c1-12-14(10-19-22(12)3)11-23-8-4-5-17(23)16-9-15(6-7-18(24)25)20-13(2)21-16/h9-10,17H,4-8,11H2,1-3H3,(H,24,25). The second kappa shape index (κ2) is 7.31. The lowest BCUT2D eigenvalue weighted by atomic mass is 10.1. The highest BCUT2D eigenvalue weighted by atomic mass is 16.4. The Hall–Kier alpha value is -2.28. The summed E-state index contributed by atoms with van der Waals surface area (Å²) in [6.07, 6.45) is 4.68. The second-order valence-corrected chi connectivity index (χ2v) is 6.73. The fourth-order valence-electron chi connectivity index (χ4n) is 3.46. The van der Waals surface area contributed by atoms with Crippen molar-refractivity contribution < 1.29 is 9.90 Å². The number of rotatable bonds is 6. The highest BCUT2D eigenvalue weighted by molar-refractivity contribution is 5.66. The van der Waals surface area contributed by atoms with Crippen molar-refractivity contribution in [2.45, 2.75) is 52.1 Å². The molecule has 0 amide bonds. The van der Waals surface area contributed by atoms with Crippen LogP contribution in [-0.2, 0) is 24.8 Å². The van der Waals surface area contributed by atoms with E-state index in [9.17, 15) is 4.79 Å². The third-order valence-electron chi connectivity index (χ3n) is 4.92. The molecular formula is C18H25N5O2. The van der Waals surface area contributed by atoms with Crippen molar-refractivity contribution in [2.24, 2.45) is 7.05 Å². The molecule has 1 saturated heterocycles. The maximum Gasteiger partial charge on any atom is 0.303 e. The van der Waals surface area contributed by atoms with Crippen LogP contribution in [-0.4, -0.2) is 42.3 Å².